The molecule has 3 aromatic carbocycles. The maximum absolute atomic E-state index is 12.0. The van der Waals surface area contributed by atoms with Crippen molar-refractivity contribution in [1.29, 1.82) is 0 Å². The molecular formula is C23H23N3OS. The van der Waals surface area contributed by atoms with Crippen LogP contribution in [-0.4, -0.2) is 12.2 Å². The van der Waals surface area contributed by atoms with Crippen molar-refractivity contribution in [3.8, 4) is 0 Å². The Hall–Kier alpha value is -3.18. The van der Waals surface area contributed by atoms with Crippen LogP contribution in [0, 0.1) is 0 Å². The summed E-state index contributed by atoms with van der Waals surface area (Å²) in [6.45, 7) is 0.746. The summed E-state index contributed by atoms with van der Waals surface area (Å²) >= 11 is 1.73. The second-order valence-electron chi connectivity index (χ2n) is 6.23. The van der Waals surface area contributed by atoms with E-state index in [1.54, 1.807) is 30.0 Å². The maximum Gasteiger partial charge on any atom is 0.248 e. The van der Waals surface area contributed by atoms with E-state index < -0.39 is 0 Å². The Morgan fingerprint density at radius 3 is 2.39 bits per heavy atom. The number of hydrogen-bond acceptors (Lipinski definition) is 4. The van der Waals surface area contributed by atoms with E-state index in [0.717, 1.165) is 17.8 Å². The summed E-state index contributed by atoms with van der Waals surface area (Å²) in [4.78, 5) is 13.3. The second-order valence-corrected chi connectivity index (χ2v) is 7.11. The number of carbonyl (C=O) groups excluding carboxylic acids is 1. The van der Waals surface area contributed by atoms with E-state index >= 15 is 0 Å². The average Bonchev–Trinajstić information content (AvgIpc) is 2.73. The fourth-order valence-electron chi connectivity index (χ4n) is 2.62. The molecule has 28 heavy (non-hydrogen) atoms. The van der Waals surface area contributed by atoms with Crippen molar-refractivity contribution < 1.29 is 4.79 Å². The highest BCUT2D eigenvalue weighted by Crippen LogP contribution is 2.18. The Balaban J connectivity index is 1.52. The Kier molecular flexibility index (Phi) is 6.76. The fraction of sp³-hybridized carbons (Fsp3) is 0.0870. The molecule has 0 unspecified atom stereocenters. The standard InChI is InChI=1S/C23H23N3OS/c1-28-20-13-11-19(12-14-20)25-16-18-8-6-17(7-9-18)10-15-23(27)26-22-5-3-2-4-21(22)24/h2-15,25H,16,24H2,1H3,(H,26,27). The van der Waals surface area contributed by atoms with E-state index in [0.29, 0.717) is 11.4 Å². The second kappa shape index (κ2) is 9.67. The van der Waals surface area contributed by atoms with Crippen LogP contribution in [0.25, 0.3) is 6.08 Å². The lowest BCUT2D eigenvalue weighted by atomic mass is 10.1. The lowest BCUT2D eigenvalue weighted by molar-refractivity contribution is -0.111. The van der Waals surface area contributed by atoms with Gasteiger partial charge in [-0.1, -0.05) is 36.4 Å². The number of nitrogens with one attached hydrogen (secondary N) is 2. The first kappa shape index (κ1) is 19.6. The third kappa shape index (κ3) is 5.66. The van der Waals surface area contributed by atoms with Crippen LogP contribution < -0.4 is 16.4 Å². The van der Waals surface area contributed by atoms with Gasteiger partial charge < -0.3 is 16.4 Å². The molecule has 4 N–H and O–H groups in total. The number of rotatable bonds is 7. The first-order chi connectivity index (χ1) is 13.6. The predicted octanol–water partition coefficient (Wildman–Crippen LogP) is 5.25. The molecule has 0 bridgehead atoms. The Morgan fingerprint density at radius 2 is 1.71 bits per heavy atom. The highest BCUT2D eigenvalue weighted by molar-refractivity contribution is 7.98. The molecule has 3 rings (SSSR count). The molecule has 0 spiro atoms. The monoisotopic (exact) mass is 389 g/mol. The zero-order valence-corrected chi connectivity index (χ0v) is 16.5. The lowest BCUT2D eigenvalue weighted by Gasteiger charge is -2.07. The Labute approximate surface area is 169 Å². The van der Waals surface area contributed by atoms with Crippen molar-refractivity contribution in [2.24, 2.45) is 0 Å². The minimum atomic E-state index is -0.211. The average molecular weight is 390 g/mol. The molecule has 0 aliphatic rings. The minimum Gasteiger partial charge on any atom is -0.397 e. The van der Waals surface area contributed by atoms with Crippen LogP contribution in [0.15, 0.2) is 83.8 Å². The number of benzene rings is 3. The van der Waals surface area contributed by atoms with Crippen molar-refractivity contribution in [1.82, 2.24) is 0 Å². The smallest absolute Gasteiger partial charge is 0.248 e. The molecule has 0 atom stereocenters. The van der Waals surface area contributed by atoms with Crippen LogP contribution in [0.3, 0.4) is 0 Å². The zero-order valence-electron chi connectivity index (χ0n) is 15.7. The third-order valence-corrected chi connectivity index (χ3v) is 4.96. The Bertz CT molecular complexity index is 950. The molecule has 142 valence electrons. The van der Waals surface area contributed by atoms with Gasteiger partial charge in [0.2, 0.25) is 5.91 Å². The van der Waals surface area contributed by atoms with E-state index in [9.17, 15) is 4.79 Å². The van der Waals surface area contributed by atoms with Gasteiger partial charge in [0, 0.05) is 23.2 Å². The SMILES string of the molecule is CSc1ccc(NCc2ccc(C=CC(=O)Nc3ccccc3N)cc2)cc1. The predicted molar refractivity (Wildman–Crippen MR) is 121 cm³/mol. The minimum absolute atomic E-state index is 0.211. The lowest BCUT2D eigenvalue weighted by Crippen LogP contribution is -2.09. The number of hydrogen-bond donors (Lipinski definition) is 3. The number of thioether (sulfide) groups is 1. The summed E-state index contributed by atoms with van der Waals surface area (Å²) < 4.78 is 0. The summed E-state index contributed by atoms with van der Waals surface area (Å²) in [5, 5.41) is 6.19. The van der Waals surface area contributed by atoms with E-state index in [1.807, 2.05) is 24.3 Å². The van der Waals surface area contributed by atoms with Crippen LogP contribution in [0.4, 0.5) is 17.1 Å². The number of para-hydroxylation sites is 2. The Morgan fingerprint density at radius 1 is 1.00 bits per heavy atom. The van der Waals surface area contributed by atoms with E-state index in [1.165, 1.54) is 16.5 Å². The van der Waals surface area contributed by atoms with Crippen molar-refractivity contribution in [2.75, 3.05) is 22.6 Å². The molecule has 0 radical (unpaired) electrons. The van der Waals surface area contributed by atoms with E-state index in [2.05, 4.69) is 53.3 Å². The summed E-state index contributed by atoms with van der Waals surface area (Å²) in [7, 11) is 0. The molecule has 0 aliphatic heterocycles. The van der Waals surface area contributed by atoms with Crippen molar-refractivity contribution >= 4 is 40.8 Å². The van der Waals surface area contributed by atoms with Crippen LogP contribution in [0.1, 0.15) is 11.1 Å². The highest BCUT2D eigenvalue weighted by atomic mass is 32.2. The summed E-state index contributed by atoms with van der Waals surface area (Å²) in [6, 6.07) is 23.7. The van der Waals surface area contributed by atoms with Crippen LogP contribution in [0.5, 0.6) is 0 Å². The van der Waals surface area contributed by atoms with Crippen LogP contribution in [0.2, 0.25) is 0 Å². The summed E-state index contributed by atoms with van der Waals surface area (Å²) in [5.74, 6) is -0.211. The number of nitrogens with two attached hydrogens (primary N) is 1. The molecule has 0 fully saturated rings. The van der Waals surface area contributed by atoms with Gasteiger partial charge in [0.25, 0.3) is 0 Å². The normalized spacial score (nSPS) is 10.8. The van der Waals surface area contributed by atoms with Crippen LogP contribution in [-0.2, 0) is 11.3 Å². The largest absolute Gasteiger partial charge is 0.397 e. The quantitative estimate of drug-likeness (QED) is 0.293. The molecule has 0 saturated heterocycles. The molecule has 1 amide bonds. The van der Waals surface area contributed by atoms with Gasteiger partial charge in [0.05, 0.1) is 11.4 Å². The molecule has 0 aromatic heterocycles. The van der Waals surface area contributed by atoms with Gasteiger partial charge in [0.1, 0.15) is 0 Å². The molecular weight excluding hydrogens is 366 g/mol. The van der Waals surface area contributed by atoms with Gasteiger partial charge in [-0.15, -0.1) is 11.8 Å². The number of anilines is 3. The van der Waals surface area contributed by atoms with Gasteiger partial charge in [-0.2, -0.15) is 0 Å². The molecule has 3 aromatic rings. The van der Waals surface area contributed by atoms with E-state index in [-0.39, 0.29) is 5.91 Å². The van der Waals surface area contributed by atoms with Gasteiger partial charge in [-0.05, 0) is 59.9 Å². The van der Waals surface area contributed by atoms with Gasteiger partial charge in [-0.25, -0.2) is 0 Å². The number of amides is 1. The number of carbonyl (C=O) groups is 1. The fourth-order valence-corrected chi connectivity index (χ4v) is 3.02. The molecule has 0 heterocycles. The van der Waals surface area contributed by atoms with Crippen LogP contribution >= 0.6 is 11.8 Å². The van der Waals surface area contributed by atoms with Crippen molar-refractivity contribution in [3.05, 3.63) is 90.0 Å². The summed E-state index contributed by atoms with van der Waals surface area (Å²) in [5.41, 5.74) is 10.2. The van der Waals surface area contributed by atoms with Gasteiger partial charge in [0.15, 0.2) is 0 Å². The maximum atomic E-state index is 12.0. The van der Waals surface area contributed by atoms with Gasteiger partial charge in [-0.3, -0.25) is 4.79 Å². The molecule has 0 saturated carbocycles. The zero-order chi connectivity index (χ0) is 19.8. The third-order valence-electron chi connectivity index (χ3n) is 4.21. The number of nitrogen functional groups attached to an aromatic ring is 1. The molecule has 4 nitrogen and oxygen atoms in total. The van der Waals surface area contributed by atoms with Gasteiger partial charge >= 0.3 is 0 Å². The topological polar surface area (TPSA) is 67.2 Å². The van der Waals surface area contributed by atoms with Crippen molar-refractivity contribution in [2.45, 2.75) is 11.4 Å². The molecule has 5 heteroatoms. The van der Waals surface area contributed by atoms with E-state index in [4.69, 9.17) is 5.73 Å². The molecule has 0 aliphatic carbocycles. The highest BCUT2D eigenvalue weighted by Gasteiger charge is 2.01. The summed E-state index contributed by atoms with van der Waals surface area (Å²) in [6.07, 6.45) is 5.36. The first-order valence-electron chi connectivity index (χ1n) is 8.94. The first-order valence-corrected chi connectivity index (χ1v) is 10.2. The van der Waals surface area contributed by atoms with Crippen molar-refractivity contribution in [3.63, 3.8) is 0 Å².